The Morgan fingerprint density at radius 1 is 1.25 bits per heavy atom. The van der Waals surface area contributed by atoms with Crippen molar-refractivity contribution < 1.29 is 9.90 Å². The van der Waals surface area contributed by atoms with Crippen molar-refractivity contribution in [2.75, 3.05) is 0 Å². The molecule has 1 aromatic heterocycles. The molecule has 0 aliphatic heterocycles. The zero-order valence-electron chi connectivity index (χ0n) is 11.3. The molecule has 0 spiro atoms. The molecule has 3 rings (SSSR count). The number of hydrogen-bond donors (Lipinski definition) is 1. The summed E-state index contributed by atoms with van der Waals surface area (Å²) >= 11 is 0. The van der Waals surface area contributed by atoms with E-state index in [0.717, 1.165) is 24.1 Å². The minimum Gasteiger partial charge on any atom is -0.478 e. The molecule has 4 heteroatoms. The van der Waals surface area contributed by atoms with Crippen LogP contribution in [0.1, 0.15) is 53.2 Å². The summed E-state index contributed by atoms with van der Waals surface area (Å²) in [5, 5.41) is 13.9. The zero-order valence-corrected chi connectivity index (χ0v) is 11.3. The zero-order chi connectivity index (χ0) is 13.9. The fourth-order valence-electron chi connectivity index (χ4n) is 2.95. The van der Waals surface area contributed by atoms with Crippen LogP contribution in [0.25, 0.3) is 0 Å². The van der Waals surface area contributed by atoms with Gasteiger partial charge in [0.25, 0.3) is 0 Å². The molecular weight excluding hydrogens is 252 g/mol. The first kappa shape index (κ1) is 12.9. The lowest BCUT2D eigenvalue weighted by Gasteiger charge is -2.06. The van der Waals surface area contributed by atoms with Crippen LogP contribution in [0.4, 0.5) is 0 Å². The highest BCUT2D eigenvalue weighted by molar-refractivity contribution is 5.88. The fourth-order valence-corrected chi connectivity index (χ4v) is 2.95. The van der Waals surface area contributed by atoms with Gasteiger partial charge < -0.3 is 5.11 Å². The highest BCUT2D eigenvalue weighted by Gasteiger charge is 2.26. The van der Waals surface area contributed by atoms with Crippen molar-refractivity contribution in [3.05, 3.63) is 53.3 Å². The molecule has 1 aliphatic rings. The molecule has 1 heterocycles. The Hall–Kier alpha value is -2.10. The van der Waals surface area contributed by atoms with Gasteiger partial charge >= 0.3 is 5.97 Å². The van der Waals surface area contributed by atoms with Gasteiger partial charge in [-0.3, -0.25) is 4.68 Å². The molecular formula is C16H18N2O2. The average molecular weight is 270 g/mol. The SMILES string of the molecule is O=C(O)c1cn(Cc2ccccc2)nc1C1CCCC1. The van der Waals surface area contributed by atoms with Crippen LogP contribution in [0.3, 0.4) is 0 Å². The summed E-state index contributed by atoms with van der Waals surface area (Å²) < 4.78 is 1.76. The number of carboxylic acid groups (broad SMARTS) is 1. The molecule has 0 bridgehead atoms. The van der Waals surface area contributed by atoms with E-state index in [9.17, 15) is 9.90 Å². The number of carboxylic acids is 1. The van der Waals surface area contributed by atoms with Crippen LogP contribution < -0.4 is 0 Å². The van der Waals surface area contributed by atoms with Gasteiger partial charge in [-0.05, 0) is 18.4 Å². The van der Waals surface area contributed by atoms with E-state index in [-0.39, 0.29) is 0 Å². The Morgan fingerprint density at radius 3 is 2.60 bits per heavy atom. The molecule has 1 fully saturated rings. The van der Waals surface area contributed by atoms with Crippen molar-refractivity contribution in [2.24, 2.45) is 0 Å². The Balaban J connectivity index is 1.89. The van der Waals surface area contributed by atoms with Gasteiger partial charge in [0.2, 0.25) is 0 Å². The Labute approximate surface area is 118 Å². The average Bonchev–Trinajstić information content (AvgIpc) is 3.08. The van der Waals surface area contributed by atoms with E-state index in [4.69, 9.17) is 0 Å². The van der Waals surface area contributed by atoms with E-state index in [1.165, 1.54) is 12.8 Å². The topological polar surface area (TPSA) is 55.1 Å². The third-order valence-corrected chi connectivity index (χ3v) is 3.95. The second kappa shape index (κ2) is 5.49. The minimum atomic E-state index is -0.869. The Morgan fingerprint density at radius 2 is 1.95 bits per heavy atom. The standard InChI is InChI=1S/C16H18N2O2/c19-16(20)14-11-18(10-12-6-2-1-3-7-12)17-15(14)13-8-4-5-9-13/h1-3,6-7,11,13H,4-5,8-10H2,(H,19,20). The summed E-state index contributed by atoms with van der Waals surface area (Å²) in [6.07, 6.45) is 6.14. The van der Waals surface area contributed by atoms with Gasteiger partial charge in [0.1, 0.15) is 5.56 Å². The number of rotatable bonds is 4. The van der Waals surface area contributed by atoms with Gasteiger partial charge in [-0.2, -0.15) is 5.10 Å². The lowest BCUT2D eigenvalue weighted by Crippen LogP contribution is -2.04. The van der Waals surface area contributed by atoms with Crippen molar-refractivity contribution in [3.63, 3.8) is 0 Å². The molecule has 0 atom stereocenters. The van der Waals surface area contributed by atoms with Crippen molar-refractivity contribution in [2.45, 2.75) is 38.1 Å². The van der Waals surface area contributed by atoms with Gasteiger partial charge in [0.15, 0.2) is 0 Å². The summed E-state index contributed by atoms with van der Waals surface area (Å²) in [4.78, 5) is 11.4. The summed E-state index contributed by atoms with van der Waals surface area (Å²) in [6, 6.07) is 9.98. The lowest BCUT2D eigenvalue weighted by atomic mass is 10.0. The predicted molar refractivity (Wildman–Crippen MR) is 75.9 cm³/mol. The Bertz CT molecular complexity index is 598. The monoisotopic (exact) mass is 270 g/mol. The normalized spacial score (nSPS) is 15.6. The van der Waals surface area contributed by atoms with E-state index in [1.807, 2.05) is 30.3 Å². The fraction of sp³-hybridized carbons (Fsp3) is 0.375. The number of carbonyl (C=O) groups is 1. The van der Waals surface area contributed by atoms with E-state index < -0.39 is 5.97 Å². The van der Waals surface area contributed by atoms with Crippen molar-refractivity contribution >= 4 is 5.97 Å². The lowest BCUT2D eigenvalue weighted by molar-refractivity contribution is 0.0695. The van der Waals surface area contributed by atoms with Crippen molar-refractivity contribution in [1.82, 2.24) is 9.78 Å². The van der Waals surface area contributed by atoms with Crippen LogP contribution in [0.15, 0.2) is 36.5 Å². The second-order valence-electron chi connectivity index (χ2n) is 5.40. The predicted octanol–water partition coefficient (Wildman–Crippen LogP) is 3.29. The van der Waals surface area contributed by atoms with Gasteiger partial charge in [-0.15, -0.1) is 0 Å². The van der Waals surface area contributed by atoms with Gasteiger partial charge in [-0.1, -0.05) is 43.2 Å². The number of aromatic carboxylic acids is 1. The first-order valence-corrected chi connectivity index (χ1v) is 7.08. The largest absolute Gasteiger partial charge is 0.478 e. The van der Waals surface area contributed by atoms with E-state index in [2.05, 4.69) is 5.10 Å². The first-order valence-electron chi connectivity index (χ1n) is 7.08. The maximum Gasteiger partial charge on any atom is 0.339 e. The van der Waals surface area contributed by atoms with E-state index in [1.54, 1.807) is 10.9 Å². The van der Waals surface area contributed by atoms with Crippen LogP contribution in [-0.4, -0.2) is 20.9 Å². The molecule has 20 heavy (non-hydrogen) atoms. The van der Waals surface area contributed by atoms with Crippen LogP contribution in [0.2, 0.25) is 0 Å². The smallest absolute Gasteiger partial charge is 0.339 e. The van der Waals surface area contributed by atoms with Crippen LogP contribution >= 0.6 is 0 Å². The summed E-state index contributed by atoms with van der Waals surface area (Å²) in [5.41, 5.74) is 2.27. The quantitative estimate of drug-likeness (QED) is 0.927. The maximum atomic E-state index is 11.4. The number of hydrogen-bond acceptors (Lipinski definition) is 2. The first-order chi connectivity index (χ1) is 9.74. The molecule has 1 saturated carbocycles. The maximum absolute atomic E-state index is 11.4. The molecule has 0 unspecified atom stereocenters. The molecule has 0 amide bonds. The van der Waals surface area contributed by atoms with Crippen LogP contribution in [0, 0.1) is 0 Å². The number of nitrogens with zero attached hydrogens (tertiary/aromatic N) is 2. The highest BCUT2D eigenvalue weighted by Crippen LogP contribution is 2.35. The molecule has 104 valence electrons. The van der Waals surface area contributed by atoms with E-state index >= 15 is 0 Å². The van der Waals surface area contributed by atoms with E-state index in [0.29, 0.717) is 18.0 Å². The number of benzene rings is 1. The van der Waals surface area contributed by atoms with Crippen LogP contribution in [0.5, 0.6) is 0 Å². The van der Waals surface area contributed by atoms with Gasteiger partial charge in [-0.25, -0.2) is 4.79 Å². The third kappa shape index (κ3) is 2.59. The molecule has 1 aromatic carbocycles. The second-order valence-corrected chi connectivity index (χ2v) is 5.40. The highest BCUT2D eigenvalue weighted by atomic mass is 16.4. The Kier molecular flexibility index (Phi) is 3.54. The summed E-state index contributed by atoms with van der Waals surface area (Å²) in [6.45, 7) is 0.619. The minimum absolute atomic E-state index is 0.318. The van der Waals surface area contributed by atoms with Crippen molar-refractivity contribution in [1.29, 1.82) is 0 Å². The molecule has 4 nitrogen and oxygen atoms in total. The summed E-state index contributed by atoms with van der Waals surface area (Å²) in [5.74, 6) is -0.552. The molecule has 1 N–H and O–H groups in total. The van der Waals surface area contributed by atoms with Gasteiger partial charge in [0.05, 0.1) is 12.2 Å². The molecule has 0 radical (unpaired) electrons. The summed E-state index contributed by atoms with van der Waals surface area (Å²) in [7, 11) is 0. The molecule has 0 saturated heterocycles. The third-order valence-electron chi connectivity index (χ3n) is 3.95. The number of aromatic nitrogens is 2. The van der Waals surface area contributed by atoms with Gasteiger partial charge in [0, 0.05) is 12.1 Å². The molecule has 2 aromatic rings. The van der Waals surface area contributed by atoms with Crippen molar-refractivity contribution in [3.8, 4) is 0 Å². The van der Waals surface area contributed by atoms with Crippen LogP contribution in [-0.2, 0) is 6.54 Å². The molecule has 1 aliphatic carbocycles.